The number of fused-ring (bicyclic) bond motifs is 5. The van der Waals surface area contributed by atoms with Crippen molar-refractivity contribution in [3.63, 3.8) is 0 Å². The van der Waals surface area contributed by atoms with Crippen molar-refractivity contribution in [2.75, 3.05) is 13.7 Å². The standard InChI is InChI=1S/C25H41NO3/c1-22(27)11-12-25(16-28-4)17(15-22)5-6-18-19-7-8-21(24(3)13-14-29-26-24)23(19,2)10-9-20(18)25/h13-14,17-21,26-27H,5-12,15-16H2,1-4H3/t17-,18+,19+,20+,21+,22-,23+,24?,25-/m1/s1. The molecule has 0 aromatic rings. The highest BCUT2D eigenvalue weighted by Crippen LogP contribution is 2.69. The third-order valence-corrected chi connectivity index (χ3v) is 10.6. The van der Waals surface area contributed by atoms with Gasteiger partial charge in [0.15, 0.2) is 0 Å². The van der Waals surface area contributed by atoms with Crippen molar-refractivity contribution in [3.05, 3.63) is 12.3 Å². The zero-order valence-electron chi connectivity index (χ0n) is 18.9. The van der Waals surface area contributed by atoms with Gasteiger partial charge in [-0.2, -0.15) is 0 Å². The van der Waals surface area contributed by atoms with E-state index < -0.39 is 5.60 Å². The lowest BCUT2D eigenvalue weighted by Gasteiger charge is -2.63. The van der Waals surface area contributed by atoms with Gasteiger partial charge in [0.1, 0.15) is 6.26 Å². The number of hydrogen-bond acceptors (Lipinski definition) is 4. The summed E-state index contributed by atoms with van der Waals surface area (Å²) >= 11 is 0. The maximum absolute atomic E-state index is 10.8. The minimum absolute atomic E-state index is 0.0265. The maximum atomic E-state index is 10.8. The Balaban J connectivity index is 1.44. The number of hydrogen-bond donors (Lipinski definition) is 2. The highest BCUT2D eigenvalue weighted by atomic mass is 16.6. The van der Waals surface area contributed by atoms with E-state index in [1.54, 1.807) is 0 Å². The Morgan fingerprint density at radius 2 is 1.86 bits per heavy atom. The first-order chi connectivity index (χ1) is 13.7. The lowest BCUT2D eigenvalue weighted by Crippen LogP contribution is -2.59. The number of nitrogens with one attached hydrogen (secondary N) is 1. The number of methoxy groups -OCH3 is 1. The summed E-state index contributed by atoms with van der Waals surface area (Å²) in [7, 11) is 1.89. The number of ether oxygens (including phenoxy) is 1. The Hall–Kier alpha value is -0.580. The van der Waals surface area contributed by atoms with Crippen LogP contribution in [0.25, 0.3) is 0 Å². The lowest BCUT2D eigenvalue weighted by molar-refractivity contribution is -0.176. The molecule has 1 unspecified atom stereocenters. The van der Waals surface area contributed by atoms with Crippen LogP contribution >= 0.6 is 0 Å². The highest BCUT2D eigenvalue weighted by molar-refractivity contribution is 5.18. The van der Waals surface area contributed by atoms with Crippen LogP contribution in [0.1, 0.15) is 78.6 Å². The van der Waals surface area contributed by atoms with Crippen LogP contribution in [0.3, 0.4) is 0 Å². The van der Waals surface area contributed by atoms with Crippen LogP contribution in [-0.2, 0) is 9.57 Å². The van der Waals surface area contributed by atoms with Crippen LogP contribution < -0.4 is 5.48 Å². The zero-order valence-corrected chi connectivity index (χ0v) is 18.9. The predicted molar refractivity (Wildman–Crippen MR) is 114 cm³/mol. The SMILES string of the molecule is COC[C@]12CC[C@@](C)(O)C[C@H]1CC[C@H]1[C@@H]3CC[C@H](C4(C)C=CON4)[C@@]3(C)CC[C@@H]12. The molecule has 5 aliphatic rings. The van der Waals surface area contributed by atoms with E-state index in [-0.39, 0.29) is 11.0 Å². The van der Waals surface area contributed by atoms with Gasteiger partial charge in [-0.1, -0.05) is 6.92 Å². The smallest absolute Gasteiger partial charge is 0.109 e. The molecular formula is C25H41NO3. The first kappa shape index (κ1) is 20.3. The Morgan fingerprint density at radius 1 is 1.03 bits per heavy atom. The molecule has 4 aliphatic carbocycles. The molecule has 0 radical (unpaired) electrons. The number of aliphatic hydroxyl groups is 1. The topological polar surface area (TPSA) is 50.7 Å². The predicted octanol–water partition coefficient (Wildman–Crippen LogP) is 4.83. The van der Waals surface area contributed by atoms with Crippen molar-refractivity contribution in [1.82, 2.24) is 5.48 Å². The Labute approximate surface area is 176 Å². The van der Waals surface area contributed by atoms with Crippen LogP contribution in [0.4, 0.5) is 0 Å². The van der Waals surface area contributed by atoms with Gasteiger partial charge in [0.25, 0.3) is 0 Å². The molecule has 4 fully saturated rings. The summed E-state index contributed by atoms with van der Waals surface area (Å²) in [5.41, 5.74) is 3.50. The van der Waals surface area contributed by atoms with E-state index >= 15 is 0 Å². The zero-order chi connectivity index (χ0) is 20.5. The summed E-state index contributed by atoms with van der Waals surface area (Å²) in [5, 5.41) is 10.8. The molecule has 0 spiro atoms. The highest BCUT2D eigenvalue weighted by Gasteiger charge is 2.64. The minimum Gasteiger partial charge on any atom is -0.416 e. The molecule has 0 bridgehead atoms. The minimum atomic E-state index is -0.481. The monoisotopic (exact) mass is 403 g/mol. The summed E-state index contributed by atoms with van der Waals surface area (Å²) in [6, 6.07) is 0. The molecule has 4 saturated carbocycles. The van der Waals surface area contributed by atoms with Gasteiger partial charge < -0.3 is 14.7 Å². The molecule has 0 amide bonds. The second-order valence-electron chi connectivity index (χ2n) is 12.0. The third kappa shape index (κ3) is 2.88. The summed E-state index contributed by atoms with van der Waals surface area (Å²) in [5.74, 6) is 3.67. The Kier molecular flexibility index (Phi) is 4.70. The van der Waals surface area contributed by atoms with E-state index in [9.17, 15) is 5.11 Å². The average Bonchev–Trinajstić information content (AvgIpc) is 3.26. The first-order valence-corrected chi connectivity index (χ1v) is 12.1. The molecule has 4 nitrogen and oxygen atoms in total. The van der Waals surface area contributed by atoms with Crippen LogP contribution in [0.15, 0.2) is 12.3 Å². The van der Waals surface area contributed by atoms with Crippen LogP contribution in [0.5, 0.6) is 0 Å². The van der Waals surface area contributed by atoms with Crippen molar-refractivity contribution < 1.29 is 14.7 Å². The third-order valence-electron chi connectivity index (χ3n) is 10.6. The van der Waals surface area contributed by atoms with Crippen molar-refractivity contribution in [2.45, 2.75) is 89.7 Å². The van der Waals surface area contributed by atoms with Crippen molar-refractivity contribution in [3.8, 4) is 0 Å². The molecule has 164 valence electrons. The van der Waals surface area contributed by atoms with Gasteiger partial charge in [-0.15, -0.1) is 5.48 Å². The molecule has 1 aliphatic heterocycles. The van der Waals surface area contributed by atoms with Gasteiger partial charge >= 0.3 is 0 Å². The summed E-state index contributed by atoms with van der Waals surface area (Å²) in [6.07, 6.45) is 15.1. The summed E-state index contributed by atoms with van der Waals surface area (Å²) in [6.45, 7) is 7.86. The Morgan fingerprint density at radius 3 is 2.59 bits per heavy atom. The van der Waals surface area contributed by atoms with Gasteiger partial charge in [-0.05, 0) is 118 Å². The molecule has 0 aromatic carbocycles. The lowest BCUT2D eigenvalue weighted by atomic mass is 9.43. The maximum Gasteiger partial charge on any atom is 0.109 e. The van der Waals surface area contributed by atoms with Crippen LogP contribution in [-0.4, -0.2) is 30.0 Å². The molecule has 2 N–H and O–H groups in total. The quantitative estimate of drug-likeness (QED) is 0.709. The normalized spacial score (nSPS) is 56.4. The van der Waals surface area contributed by atoms with E-state index in [2.05, 4.69) is 32.3 Å². The molecular weight excluding hydrogens is 362 g/mol. The second kappa shape index (κ2) is 6.71. The van der Waals surface area contributed by atoms with Crippen LogP contribution in [0.2, 0.25) is 0 Å². The molecule has 0 aromatic heterocycles. The second-order valence-corrected chi connectivity index (χ2v) is 12.0. The van der Waals surface area contributed by atoms with E-state index in [0.717, 1.165) is 43.6 Å². The molecule has 9 atom stereocenters. The van der Waals surface area contributed by atoms with Gasteiger partial charge in [0.05, 0.1) is 17.7 Å². The number of hydroxylamine groups is 1. The molecule has 0 saturated heterocycles. The van der Waals surface area contributed by atoms with Gasteiger partial charge in [-0.25, -0.2) is 0 Å². The van der Waals surface area contributed by atoms with Crippen LogP contribution in [0, 0.1) is 40.4 Å². The fourth-order valence-electron chi connectivity index (χ4n) is 9.33. The van der Waals surface area contributed by atoms with E-state index in [1.807, 2.05) is 13.4 Å². The fraction of sp³-hybridized carbons (Fsp3) is 0.920. The fourth-order valence-corrected chi connectivity index (χ4v) is 9.33. The molecule has 5 rings (SSSR count). The molecule has 1 heterocycles. The molecule has 29 heavy (non-hydrogen) atoms. The van der Waals surface area contributed by atoms with Gasteiger partial charge in [0, 0.05) is 7.11 Å². The molecule has 4 heteroatoms. The average molecular weight is 404 g/mol. The summed E-state index contributed by atoms with van der Waals surface area (Å²) < 4.78 is 5.90. The Bertz CT molecular complexity index is 677. The van der Waals surface area contributed by atoms with Gasteiger partial charge in [-0.3, -0.25) is 0 Å². The van der Waals surface area contributed by atoms with Crippen molar-refractivity contribution in [1.29, 1.82) is 0 Å². The largest absolute Gasteiger partial charge is 0.416 e. The van der Waals surface area contributed by atoms with E-state index in [4.69, 9.17) is 9.57 Å². The van der Waals surface area contributed by atoms with Gasteiger partial charge in [0.2, 0.25) is 0 Å². The summed E-state index contributed by atoms with van der Waals surface area (Å²) in [4.78, 5) is 5.47. The van der Waals surface area contributed by atoms with Crippen molar-refractivity contribution >= 4 is 0 Å². The first-order valence-electron chi connectivity index (χ1n) is 12.1. The van der Waals surface area contributed by atoms with E-state index in [1.165, 1.54) is 38.5 Å². The number of rotatable bonds is 3. The van der Waals surface area contributed by atoms with Crippen molar-refractivity contribution in [2.24, 2.45) is 40.4 Å². The van der Waals surface area contributed by atoms with E-state index in [0.29, 0.717) is 17.3 Å².